The van der Waals surface area contributed by atoms with Crippen LogP contribution in [0.25, 0.3) is 0 Å². The van der Waals surface area contributed by atoms with Gasteiger partial charge in [0.25, 0.3) is 5.91 Å². The van der Waals surface area contributed by atoms with Gasteiger partial charge in [-0.1, -0.05) is 11.6 Å². The van der Waals surface area contributed by atoms with E-state index < -0.39 is 23.5 Å². The molecule has 1 N–H and O–H groups in total. The Bertz CT molecular complexity index is 733. The van der Waals surface area contributed by atoms with Gasteiger partial charge in [-0.05, 0) is 59.0 Å². The fourth-order valence-corrected chi connectivity index (χ4v) is 2.29. The molecule has 116 valence electrons. The summed E-state index contributed by atoms with van der Waals surface area (Å²) in [5, 5.41) is 2.38. The predicted octanol–water partition coefficient (Wildman–Crippen LogP) is 5.35. The second kappa shape index (κ2) is 6.41. The van der Waals surface area contributed by atoms with Crippen LogP contribution in [0.2, 0.25) is 5.02 Å². The largest absolute Gasteiger partial charge is 0.416 e. The van der Waals surface area contributed by atoms with Crippen molar-refractivity contribution in [3.63, 3.8) is 0 Å². The monoisotopic (exact) mass is 443 g/mol. The summed E-state index contributed by atoms with van der Waals surface area (Å²) in [6.07, 6.45) is -4.53. The number of benzene rings is 2. The van der Waals surface area contributed by atoms with Crippen LogP contribution in [-0.4, -0.2) is 5.91 Å². The average molecular weight is 444 g/mol. The van der Waals surface area contributed by atoms with Crippen molar-refractivity contribution in [3.8, 4) is 0 Å². The van der Waals surface area contributed by atoms with Gasteiger partial charge in [0.15, 0.2) is 0 Å². The van der Waals surface area contributed by atoms with E-state index in [-0.39, 0.29) is 16.3 Å². The predicted molar refractivity (Wildman–Crippen MR) is 83.5 cm³/mol. The maximum Gasteiger partial charge on any atom is 0.416 e. The van der Waals surface area contributed by atoms with Gasteiger partial charge in [0.1, 0.15) is 5.82 Å². The number of hydrogen-bond acceptors (Lipinski definition) is 1. The molecule has 0 fully saturated rings. The van der Waals surface area contributed by atoms with E-state index in [1.807, 2.05) is 0 Å². The molecule has 2 nitrogen and oxygen atoms in total. The van der Waals surface area contributed by atoms with Crippen molar-refractivity contribution in [1.29, 1.82) is 0 Å². The number of alkyl halides is 3. The second-order valence-corrected chi connectivity index (χ2v) is 5.87. The number of nitrogens with one attached hydrogen (secondary N) is 1. The Kier molecular flexibility index (Phi) is 4.96. The quantitative estimate of drug-likeness (QED) is 0.492. The van der Waals surface area contributed by atoms with Crippen molar-refractivity contribution in [2.45, 2.75) is 6.18 Å². The standard InChI is InChI=1S/C14H7ClF4INO/c15-8-2-3-9(10(16)6-8)13(22)21-12-5-7(14(17,18)19)1-4-11(12)20/h1-6H,(H,21,22). The topological polar surface area (TPSA) is 29.1 Å². The zero-order valence-corrected chi connectivity index (χ0v) is 13.6. The van der Waals surface area contributed by atoms with E-state index in [4.69, 9.17) is 11.6 Å². The minimum absolute atomic E-state index is 0.0465. The fourth-order valence-electron chi connectivity index (χ4n) is 1.66. The molecule has 0 unspecified atom stereocenters. The Morgan fingerprint density at radius 2 is 1.82 bits per heavy atom. The van der Waals surface area contributed by atoms with Crippen LogP contribution in [-0.2, 0) is 6.18 Å². The summed E-state index contributed by atoms with van der Waals surface area (Å²) in [5.74, 6) is -1.71. The molecule has 2 aromatic rings. The lowest BCUT2D eigenvalue weighted by Crippen LogP contribution is -2.15. The number of carbonyl (C=O) groups is 1. The molecule has 0 aliphatic heterocycles. The number of rotatable bonds is 2. The van der Waals surface area contributed by atoms with Crippen molar-refractivity contribution in [1.82, 2.24) is 0 Å². The highest BCUT2D eigenvalue weighted by molar-refractivity contribution is 14.1. The normalized spacial score (nSPS) is 11.4. The molecule has 0 saturated carbocycles. The first-order valence-corrected chi connectivity index (χ1v) is 7.27. The Morgan fingerprint density at radius 3 is 2.41 bits per heavy atom. The van der Waals surface area contributed by atoms with E-state index in [1.54, 1.807) is 22.6 Å². The molecule has 0 radical (unpaired) electrons. The molecule has 0 aromatic heterocycles. The maximum atomic E-state index is 13.6. The van der Waals surface area contributed by atoms with Gasteiger partial charge in [0, 0.05) is 8.59 Å². The first-order valence-electron chi connectivity index (χ1n) is 5.81. The molecule has 0 saturated heterocycles. The highest BCUT2D eigenvalue weighted by Gasteiger charge is 2.31. The highest BCUT2D eigenvalue weighted by atomic mass is 127. The first kappa shape index (κ1) is 17.0. The minimum Gasteiger partial charge on any atom is -0.321 e. The molecular weight excluding hydrogens is 437 g/mol. The van der Waals surface area contributed by atoms with Crippen molar-refractivity contribution in [2.75, 3.05) is 5.32 Å². The summed E-state index contributed by atoms with van der Waals surface area (Å²) >= 11 is 7.36. The molecule has 2 rings (SSSR count). The Hall–Kier alpha value is -1.35. The molecule has 0 spiro atoms. The summed E-state index contributed by atoms with van der Waals surface area (Å²) in [6.45, 7) is 0. The van der Waals surface area contributed by atoms with Gasteiger partial charge < -0.3 is 5.32 Å². The SMILES string of the molecule is O=C(Nc1cc(C(F)(F)F)ccc1I)c1ccc(Cl)cc1F. The number of anilines is 1. The molecule has 0 aliphatic rings. The number of carbonyl (C=O) groups excluding carboxylic acids is 1. The van der Waals surface area contributed by atoms with Gasteiger partial charge in [-0.15, -0.1) is 0 Å². The van der Waals surface area contributed by atoms with E-state index in [1.165, 1.54) is 12.1 Å². The van der Waals surface area contributed by atoms with Gasteiger partial charge in [-0.2, -0.15) is 13.2 Å². The van der Waals surface area contributed by atoms with Gasteiger partial charge in [-0.25, -0.2) is 4.39 Å². The van der Waals surface area contributed by atoms with Gasteiger partial charge in [-0.3, -0.25) is 4.79 Å². The fraction of sp³-hybridized carbons (Fsp3) is 0.0714. The van der Waals surface area contributed by atoms with Crippen LogP contribution in [0.15, 0.2) is 36.4 Å². The molecule has 0 bridgehead atoms. The van der Waals surface area contributed by atoms with Gasteiger partial charge >= 0.3 is 6.18 Å². The Balaban J connectivity index is 2.32. The van der Waals surface area contributed by atoms with Crippen molar-refractivity contribution in [3.05, 3.63) is 61.9 Å². The van der Waals surface area contributed by atoms with Crippen LogP contribution in [0.1, 0.15) is 15.9 Å². The van der Waals surface area contributed by atoms with Crippen LogP contribution >= 0.6 is 34.2 Å². The average Bonchev–Trinajstić information content (AvgIpc) is 2.39. The zero-order chi connectivity index (χ0) is 16.5. The van der Waals surface area contributed by atoms with E-state index in [9.17, 15) is 22.4 Å². The van der Waals surface area contributed by atoms with E-state index >= 15 is 0 Å². The molecule has 1 amide bonds. The lowest BCUT2D eigenvalue weighted by molar-refractivity contribution is -0.137. The van der Waals surface area contributed by atoms with E-state index in [0.717, 1.165) is 24.3 Å². The van der Waals surface area contributed by atoms with Crippen LogP contribution in [0.4, 0.5) is 23.2 Å². The zero-order valence-electron chi connectivity index (χ0n) is 10.6. The Morgan fingerprint density at radius 1 is 1.14 bits per heavy atom. The minimum atomic E-state index is -4.53. The summed E-state index contributed by atoms with van der Waals surface area (Å²) in [5.41, 5.74) is -1.26. The molecule has 0 heterocycles. The van der Waals surface area contributed by atoms with E-state index in [2.05, 4.69) is 5.32 Å². The summed E-state index contributed by atoms with van der Waals surface area (Å²) in [4.78, 5) is 12.0. The van der Waals surface area contributed by atoms with Crippen molar-refractivity contribution >= 4 is 45.8 Å². The molecule has 0 atom stereocenters. The summed E-state index contributed by atoms with van der Waals surface area (Å²) < 4.78 is 52.1. The third kappa shape index (κ3) is 3.89. The number of hydrogen-bond donors (Lipinski definition) is 1. The van der Waals surface area contributed by atoms with Crippen molar-refractivity contribution < 1.29 is 22.4 Å². The molecule has 0 aliphatic carbocycles. The lowest BCUT2D eigenvalue weighted by atomic mass is 10.1. The van der Waals surface area contributed by atoms with Crippen LogP contribution in [0.3, 0.4) is 0 Å². The van der Waals surface area contributed by atoms with Gasteiger partial charge in [0.2, 0.25) is 0 Å². The summed E-state index contributed by atoms with van der Waals surface area (Å²) in [7, 11) is 0. The second-order valence-electron chi connectivity index (χ2n) is 4.27. The Labute approximate surface area is 141 Å². The van der Waals surface area contributed by atoms with Crippen molar-refractivity contribution in [2.24, 2.45) is 0 Å². The number of amides is 1. The number of halogens is 6. The van der Waals surface area contributed by atoms with Gasteiger partial charge in [0.05, 0.1) is 16.8 Å². The molecular formula is C14H7ClF4INO. The van der Waals surface area contributed by atoms with E-state index in [0.29, 0.717) is 3.57 Å². The lowest BCUT2D eigenvalue weighted by Gasteiger charge is -2.12. The summed E-state index contributed by atoms with van der Waals surface area (Å²) in [6, 6.07) is 6.35. The maximum absolute atomic E-state index is 13.6. The molecule has 8 heteroatoms. The van der Waals surface area contributed by atoms with Crippen LogP contribution in [0, 0.1) is 9.39 Å². The highest BCUT2D eigenvalue weighted by Crippen LogP contribution is 2.32. The van der Waals surface area contributed by atoms with Crippen LogP contribution in [0.5, 0.6) is 0 Å². The smallest absolute Gasteiger partial charge is 0.321 e. The first-order chi connectivity index (χ1) is 10.2. The van der Waals surface area contributed by atoms with Crippen LogP contribution < -0.4 is 5.32 Å². The molecule has 2 aromatic carbocycles. The third-order valence-electron chi connectivity index (χ3n) is 2.72. The third-order valence-corrected chi connectivity index (χ3v) is 3.89. The molecule has 22 heavy (non-hydrogen) atoms.